The number of halogens is 1. The standard InChI is InChI=1S/C15H13BrN2O2/c1-10-13-14(12(7-16)8-17-10)20-15(18-13)19-9-11-5-3-2-4-6-11/h2-6,8H,7,9H2,1H3. The number of rotatable bonds is 4. The molecule has 3 aromatic rings. The highest BCUT2D eigenvalue weighted by Gasteiger charge is 2.13. The van der Waals surface area contributed by atoms with Crippen LogP contribution in [0.25, 0.3) is 11.1 Å². The first-order chi connectivity index (χ1) is 9.78. The Bertz CT molecular complexity index is 725. The molecule has 0 spiro atoms. The highest BCUT2D eigenvalue weighted by Crippen LogP contribution is 2.27. The lowest BCUT2D eigenvalue weighted by atomic mass is 10.2. The SMILES string of the molecule is Cc1ncc(CBr)c2oc(OCc3ccccc3)nc12. The summed E-state index contributed by atoms with van der Waals surface area (Å²) in [7, 11) is 0. The van der Waals surface area contributed by atoms with Crippen molar-refractivity contribution in [1.82, 2.24) is 9.97 Å². The summed E-state index contributed by atoms with van der Waals surface area (Å²) in [5.74, 6) is 0. The van der Waals surface area contributed by atoms with Gasteiger partial charge in [-0.25, -0.2) is 0 Å². The molecule has 0 atom stereocenters. The zero-order chi connectivity index (χ0) is 13.9. The molecule has 2 heterocycles. The van der Waals surface area contributed by atoms with Gasteiger partial charge >= 0.3 is 6.08 Å². The van der Waals surface area contributed by atoms with E-state index in [0.29, 0.717) is 11.9 Å². The molecule has 0 amide bonds. The van der Waals surface area contributed by atoms with Crippen LogP contribution in [-0.2, 0) is 11.9 Å². The van der Waals surface area contributed by atoms with Crippen LogP contribution in [0.15, 0.2) is 40.9 Å². The summed E-state index contributed by atoms with van der Waals surface area (Å²) in [5.41, 5.74) is 4.36. The Morgan fingerprint density at radius 1 is 1.25 bits per heavy atom. The third-order valence-electron chi connectivity index (χ3n) is 3.01. The maximum Gasteiger partial charge on any atom is 0.395 e. The van der Waals surface area contributed by atoms with Crippen molar-refractivity contribution < 1.29 is 9.15 Å². The van der Waals surface area contributed by atoms with Crippen LogP contribution in [0.5, 0.6) is 6.08 Å². The lowest BCUT2D eigenvalue weighted by Crippen LogP contribution is -1.94. The predicted octanol–water partition coefficient (Wildman–Crippen LogP) is 4.01. The van der Waals surface area contributed by atoms with Crippen LogP contribution in [0.1, 0.15) is 16.8 Å². The number of aryl methyl sites for hydroxylation is 1. The van der Waals surface area contributed by atoms with Crippen molar-refractivity contribution in [2.45, 2.75) is 18.9 Å². The Kier molecular flexibility index (Phi) is 3.69. The maximum absolute atomic E-state index is 5.69. The van der Waals surface area contributed by atoms with Gasteiger partial charge in [0.15, 0.2) is 5.58 Å². The van der Waals surface area contributed by atoms with E-state index < -0.39 is 0 Å². The molecule has 1 aromatic carbocycles. The molecule has 102 valence electrons. The molecule has 5 heteroatoms. The first-order valence-electron chi connectivity index (χ1n) is 6.25. The normalized spacial score (nSPS) is 10.9. The van der Waals surface area contributed by atoms with Crippen molar-refractivity contribution in [3.8, 4) is 6.08 Å². The monoisotopic (exact) mass is 332 g/mol. The van der Waals surface area contributed by atoms with Crippen molar-refractivity contribution in [2.75, 3.05) is 0 Å². The van der Waals surface area contributed by atoms with E-state index in [2.05, 4.69) is 25.9 Å². The fourth-order valence-corrected chi connectivity index (χ4v) is 2.33. The molecular formula is C15H13BrN2O2. The van der Waals surface area contributed by atoms with E-state index >= 15 is 0 Å². The van der Waals surface area contributed by atoms with Crippen LogP contribution in [0, 0.1) is 6.92 Å². The van der Waals surface area contributed by atoms with Crippen molar-refractivity contribution in [1.29, 1.82) is 0 Å². The van der Waals surface area contributed by atoms with Crippen LogP contribution < -0.4 is 4.74 Å². The molecule has 0 aliphatic rings. The van der Waals surface area contributed by atoms with E-state index in [9.17, 15) is 0 Å². The fraction of sp³-hybridized carbons (Fsp3) is 0.200. The number of benzene rings is 1. The van der Waals surface area contributed by atoms with E-state index in [1.807, 2.05) is 37.3 Å². The highest BCUT2D eigenvalue weighted by atomic mass is 79.9. The highest BCUT2D eigenvalue weighted by molar-refractivity contribution is 9.08. The van der Waals surface area contributed by atoms with Crippen LogP contribution in [0.4, 0.5) is 0 Å². The first-order valence-corrected chi connectivity index (χ1v) is 7.38. The van der Waals surface area contributed by atoms with Gasteiger partial charge in [-0.15, -0.1) is 0 Å². The number of fused-ring (bicyclic) bond motifs is 1. The van der Waals surface area contributed by atoms with Crippen molar-refractivity contribution in [3.63, 3.8) is 0 Å². The van der Waals surface area contributed by atoms with Gasteiger partial charge in [0.2, 0.25) is 0 Å². The number of aromatic nitrogens is 2. The van der Waals surface area contributed by atoms with Gasteiger partial charge in [0.25, 0.3) is 0 Å². The average molecular weight is 333 g/mol. The molecule has 0 N–H and O–H groups in total. The van der Waals surface area contributed by atoms with E-state index in [1.165, 1.54) is 0 Å². The molecule has 3 rings (SSSR count). The minimum Gasteiger partial charge on any atom is -0.445 e. The van der Waals surface area contributed by atoms with Gasteiger partial charge in [-0.3, -0.25) is 4.98 Å². The Morgan fingerprint density at radius 2 is 2.05 bits per heavy atom. The number of nitrogens with zero attached hydrogens (tertiary/aromatic N) is 2. The summed E-state index contributed by atoms with van der Waals surface area (Å²) >= 11 is 3.42. The predicted molar refractivity (Wildman–Crippen MR) is 79.9 cm³/mol. The fourth-order valence-electron chi connectivity index (χ4n) is 1.93. The van der Waals surface area contributed by atoms with Crippen LogP contribution in [0.2, 0.25) is 0 Å². The lowest BCUT2D eigenvalue weighted by molar-refractivity contribution is 0.226. The second-order valence-corrected chi connectivity index (χ2v) is 4.99. The molecule has 2 aromatic heterocycles. The summed E-state index contributed by atoms with van der Waals surface area (Å²) in [6.45, 7) is 2.34. The van der Waals surface area contributed by atoms with Gasteiger partial charge in [0, 0.05) is 17.1 Å². The Labute approximate surface area is 124 Å². The van der Waals surface area contributed by atoms with Gasteiger partial charge in [-0.1, -0.05) is 46.3 Å². The zero-order valence-electron chi connectivity index (χ0n) is 11.0. The third kappa shape index (κ3) is 2.54. The van der Waals surface area contributed by atoms with Gasteiger partial charge in [0.1, 0.15) is 12.1 Å². The number of hydrogen-bond donors (Lipinski definition) is 0. The number of oxazole rings is 1. The van der Waals surface area contributed by atoms with Crippen LogP contribution in [-0.4, -0.2) is 9.97 Å². The Morgan fingerprint density at radius 3 is 2.80 bits per heavy atom. The molecule has 0 unspecified atom stereocenters. The lowest BCUT2D eigenvalue weighted by Gasteiger charge is -2.00. The molecule has 0 aliphatic heterocycles. The van der Waals surface area contributed by atoms with Crippen molar-refractivity contribution in [2.24, 2.45) is 0 Å². The van der Waals surface area contributed by atoms with Crippen LogP contribution in [0.3, 0.4) is 0 Å². The first kappa shape index (κ1) is 13.1. The minimum atomic E-state index is 0.280. The van der Waals surface area contributed by atoms with E-state index in [0.717, 1.165) is 27.9 Å². The Balaban J connectivity index is 1.88. The third-order valence-corrected chi connectivity index (χ3v) is 3.61. The van der Waals surface area contributed by atoms with Crippen molar-refractivity contribution in [3.05, 3.63) is 53.3 Å². The number of ether oxygens (including phenoxy) is 1. The molecule has 4 nitrogen and oxygen atoms in total. The summed E-state index contributed by atoms with van der Waals surface area (Å²) < 4.78 is 11.3. The van der Waals surface area contributed by atoms with Gasteiger partial charge < -0.3 is 9.15 Å². The molecule has 0 saturated heterocycles. The number of alkyl halides is 1. The van der Waals surface area contributed by atoms with Crippen molar-refractivity contribution >= 4 is 27.0 Å². The van der Waals surface area contributed by atoms with Gasteiger partial charge in [-0.05, 0) is 12.5 Å². The summed E-state index contributed by atoms with van der Waals surface area (Å²) in [6, 6.07) is 9.92. The zero-order valence-corrected chi connectivity index (χ0v) is 12.6. The van der Waals surface area contributed by atoms with Gasteiger partial charge in [-0.2, -0.15) is 4.98 Å². The minimum absolute atomic E-state index is 0.280. The number of pyridine rings is 1. The summed E-state index contributed by atoms with van der Waals surface area (Å²) in [4.78, 5) is 8.67. The molecule has 0 saturated carbocycles. The average Bonchev–Trinajstić information content (AvgIpc) is 2.92. The second-order valence-electron chi connectivity index (χ2n) is 4.43. The molecule has 0 fully saturated rings. The molecular weight excluding hydrogens is 320 g/mol. The molecule has 0 radical (unpaired) electrons. The molecule has 0 aliphatic carbocycles. The molecule has 20 heavy (non-hydrogen) atoms. The van der Waals surface area contributed by atoms with Gasteiger partial charge in [0.05, 0.1) is 5.69 Å². The smallest absolute Gasteiger partial charge is 0.395 e. The topological polar surface area (TPSA) is 48.2 Å². The van der Waals surface area contributed by atoms with Crippen LogP contribution >= 0.6 is 15.9 Å². The molecule has 0 bridgehead atoms. The van der Waals surface area contributed by atoms with E-state index in [1.54, 1.807) is 6.20 Å². The largest absolute Gasteiger partial charge is 0.445 e. The van der Waals surface area contributed by atoms with E-state index in [4.69, 9.17) is 9.15 Å². The quantitative estimate of drug-likeness (QED) is 0.677. The summed E-state index contributed by atoms with van der Waals surface area (Å²) in [5, 5.41) is 0.671. The van der Waals surface area contributed by atoms with E-state index in [-0.39, 0.29) is 6.08 Å². The maximum atomic E-state index is 5.69. The number of hydrogen-bond acceptors (Lipinski definition) is 4. The Hall–Kier alpha value is -1.88. The second kappa shape index (κ2) is 5.63. The summed E-state index contributed by atoms with van der Waals surface area (Å²) in [6.07, 6.45) is 2.07.